The Kier molecular flexibility index (Phi) is 5.81. The van der Waals surface area contributed by atoms with Crippen LogP contribution in [0.15, 0.2) is 24.3 Å². The Hall–Kier alpha value is -3.10. The smallest absolute Gasteiger partial charge is 0.326 e. The van der Waals surface area contributed by atoms with Crippen LogP contribution in [0.3, 0.4) is 0 Å². The second-order valence-electron chi connectivity index (χ2n) is 6.86. The van der Waals surface area contributed by atoms with Gasteiger partial charge in [0, 0.05) is 12.1 Å². The van der Waals surface area contributed by atoms with Crippen LogP contribution in [0.25, 0.3) is 0 Å². The molecule has 1 aromatic carbocycles. The molecule has 9 nitrogen and oxygen atoms in total. The molecular formula is C19H23N3O6. The molecule has 0 bridgehead atoms. The molecular weight excluding hydrogens is 366 g/mol. The summed E-state index contributed by atoms with van der Waals surface area (Å²) in [6, 6.07) is 6.62. The molecule has 28 heavy (non-hydrogen) atoms. The monoisotopic (exact) mass is 389 g/mol. The predicted molar refractivity (Wildman–Crippen MR) is 97.2 cm³/mol. The first-order chi connectivity index (χ1) is 13.4. The molecule has 1 spiro atoms. The summed E-state index contributed by atoms with van der Waals surface area (Å²) in [5.74, 6) is -1.07. The number of esters is 1. The molecule has 1 aromatic rings. The summed E-state index contributed by atoms with van der Waals surface area (Å²) in [5.41, 5.74) is -0.0883. The van der Waals surface area contributed by atoms with Gasteiger partial charge in [0.05, 0.1) is 7.11 Å². The molecule has 9 heteroatoms. The number of amides is 4. The summed E-state index contributed by atoms with van der Waals surface area (Å²) < 4.78 is 10.1. The van der Waals surface area contributed by atoms with Crippen molar-refractivity contribution >= 4 is 23.8 Å². The fourth-order valence-corrected chi connectivity index (χ4v) is 3.55. The van der Waals surface area contributed by atoms with E-state index >= 15 is 0 Å². The fraction of sp³-hybridized carbons (Fsp3) is 0.474. The van der Waals surface area contributed by atoms with E-state index in [2.05, 4.69) is 10.6 Å². The number of rotatable bonds is 7. The van der Waals surface area contributed by atoms with Gasteiger partial charge >= 0.3 is 12.0 Å². The molecule has 4 amide bonds. The molecule has 2 aliphatic rings. The van der Waals surface area contributed by atoms with Gasteiger partial charge in [-0.25, -0.2) is 4.79 Å². The number of nitrogens with one attached hydrogen (secondary N) is 2. The summed E-state index contributed by atoms with van der Waals surface area (Å²) in [6.07, 6.45) is 2.87. The number of urea groups is 1. The topological polar surface area (TPSA) is 114 Å². The Morgan fingerprint density at radius 2 is 1.93 bits per heavy atom. The molecule has 0 aromatic heterocycles. The van der Waals surface area contributed by atoms with E-state index in [0.29, 0.717) is 18.6 Å². The number of methoxy groups -OCH3 is 1. The lowest BCUT2D eigenvalue weighted by molar-refractivity contribution is -0.151. The van der Waals surface area contributed by atoms with Gasteiger partial charge in [0.1, 0.15) is 17.8 Å². The minimum atomic E-state index is -0.872. The normalized spacial score (nSPS) is 17.5. The van der Waals surface area contributed by atoms with Crippen molar-refractivity contribution in [3.05, 3.63) is 29.8 Å². The number of nitrogens with zero attached hydrogens (tertiary/aromatic N) is 1. The lowest BCUT2D eigenvalue weighted by Gasteiger charge is -2.19. The van der Waals surface area contributed by atoms with E-state index in [1.807, 2.05) is 18.2 Å². The minimum absolute atomic E-state index is 0.218. The highest BCUT2D eigenvalue weighted by Crippen LogP contribution is 2.34. The first-order valence-electron chi connectivity index (χ1n) is 9.13. The SMILES string of the molecule is COc1ccccc1CNC(=O)COC(=O)CN1C(=O)NC2(CCCC2)C1=O. The Bertz CT molecular complexity index is 788. The van der Waals surface area contributed by atoms with Crippen LogP contribution < -0.4 is 15.4 Å². The van der Waals surface area contributed by atoms with Crippen LogP contribution in [0.2, 0.25) is 0 Å². The van der Waals surface area contributed by atoms with E-state index in [1.54, 1.807) is 6.07 Å². The van der Waals surface area contributed by atoms with Gasteiger partial charge in [0.2, 0.25) is 0 Å². The van der Waals surface area contributed by atoms with Gasteiger partial charge in [-0.3, -0.25) is 19.3 Å². The molecule has 0 unspecified atom stereocenters. The Morgan fingerprint density at radius 1 is 1.21 bits per heavy atom. The first kappa shape index (κ1) is 19.7. The van der Waals surface area contributed by atoms with Gasteiger partial charge in [-0.2, -0.15) is 0 Å². The first-order valence-corrected chi connectivity index (χ1v) is 9.13. The molecule has 2 fully saturated rings. The summed E-state index contributed by atoms with van der Waals surface area (Å²) >= 11 is 0. The second-order valence-corrected chi connectivity index (χ2v) is 6.86. The summed E-state index contributed by atoms with van der Waals surface area (Å²) in [7, 11) is 1.54. The molecule has 0 atom stereocenters. The van der Waals surface area contributed by atoms with Crippen molar-refractivity contribution in [3.8, 4) is 5.75 Å². The Labute approximate surface area is 162 Å². The van der Waals surface area contributed by atoms with E-state index in [0.717, 1.165) is 23.3 Å². The average Bonchev–Trinajstić information content (AvgIpc) is 3.25. The van der Waals surface area contributed by atoms with Crippen LogP contribution in [0.1, 0.15) is 31.2 Å². The zero-order chi connectivity index (χ0) is 20.1. The molecule has 1 saturated carbocycles. The van der Waals surface area contributed by atoms with Gasteiger partial charge in [-0.15, -0.1) is 0 Å². The van der Waals surface area contributed by atoms with Crippen LogP contribution >= 0.6 is 0 Å². The molecule has 1 heterocycles. The van der Waals surface area contributed by atoms with Crippen molar-refractivity contribution < 1.29 is 28.7 Å². The fourth-order valence-electron chi connectivity index (χ4n) is 3.55. The molecule has 2 N–H and O–H groups in total. The van der Waals surface area contributed by atoms with Crippen molar-refractivity contribution in [2.75, 3.05) is 20.3 Å². The maximum atomic E-state index is 12.5. The minimum Gasteiger partial charge on any atom is -0.496 e. The van der Waals surface area contributed by atoms with Crippen molar-refractivity contribution in [3.63, 3.8) is 0 Å². The molecule has 150 valence electrons. The number of hydrogen-bond acceptors (Lipinski definition) is 6. The Morgan fingerprint density at radius 3 is 2.64 bits per heavy atom. The number of carbonyl (C=O) groups excluding carboxylic acids is 4. The van der Waals surface area contributed by atoms with Gasteiger partial charge in [-0.05, 0) is 18.9 Å². The van der Waals surface area contributed by atoms with Crippen LogP contribution in [0.5, 0.6) is 5.75 Å². The van der Waals surface area contributed by atoms with Gasteiger partial charge in [0.15, 0.2) is 6.61 Å². The third-order valence-corrected chi connectivity index (χ3v) is 5.02. The van der Waals surface area contributed by atoms with Crippen LogP contribution in [-0.2, 0) is 25.7 Å². The highest BCUT2D eigenvalue weighted by atomic mass is 16.5. The summed E-state index contributed by atoms with van der Waals surface area (Å²) in [6.45, 7) is -0.787. The van der Waals surface area contributed by atoms with Crippen LogP contribution in [0, 0.1) is 0 Å². The second kappa shape index (κ2) is 8.28. The molecule has 3 rings (SSSR count). The van der Waals surface area contributed by atoms with Gasteiger partial charge in [0.25, 0.3) is 11.8 Å². The van der Waals surface area contributed by atoms with Gasteiger partial charge < -0.3 is 20.1 Å². The quantitative estimate of drug-likeness (QED) is 0.525. The molecule has 1 aliphatic carbocycles. The van der Waals surface area contributed by atoms with Crippen LogP contribution in [0.4, 0.5) is 4.79 Å². The summed E-state index contributed by atoms with van der Waals surface area (Å²) in [5, 5.41) is 5.31. The average molecular weight is 389 g/mol. The van der Waals surface area contributed by atoms with Gasteiger partial charge in [-0.1, -0.05) is 31.0 Å². The largest absolute Gasteiger partial charge is 0.496 e. The van der Waals surface area contributed by atoms with E-state index in [-0.39, 0.29) is 6.54 Å². The molecule has 1 aliphatic heterocycles. The zero-order valence-electron chi connectivity index (χ0n) is 15.7. The summed E-state index contributed by atoms with van der Waals surface area (Å²) in [4.78, 5) is 49.3. The number of hydrogen-bond donors (Lipinski definition) is 2. The highest BCUT2D eigenvalue weighted by Gasteiger charge is 2.52. The standard InChI is InChI=1S/C19H23N3O6/c1-27-14-7-3-2-6-13(14)10-20-15(23)12-28-16(24)11-22-17(25)19(21-18(22)26)8-4-5-9-19/h2-3,6-7H,4-5,8-12H2,1H3,(H,20,23)(H,21,26). The van der Waals surface area contributed by atoms with Crippen molar-refractivity contribution in [1.29, 1.82) is 0 Å². The van der Waals surface area contributed by atoms with Crippen molar-refractivity contribution in [1.82, 2.24) is 15.5 Å². The predicted octanol–water partition coefficient (Wildman–Crippen LogP) is 0.719. The molecule has 1 saturated heterocycles. The van der Waals surface area contributed by atoms with Crippen molar-refractivity contribution in [2.24, 2.45) is 0 Å². The highest BCUT2D eigenvalue weighted by molar-refractivity contribution is 6.08. The molecule has 0 radical (unpaired) electrons. The number of benzene rings is 1. The lowest BCUT2D eigenvalue weighted by Crippen LogP contribution is -2.44. The zero-order valence-corrected chi connectivity index (χ0v) is 15.7. The number of ether oxygens (including phenoxy) is 2. The third-order valence-electron chi connectivity index (χ3n) is 5.02. The number of imide groups is 1. The number of carbonyl (C=O) groups is 4. The van der Waals surface area contributed by atoms with Crippen LogP contribution in [-0.4, -0.2) is 54.5 Å². The Balaban J connectivity index is 1.44. The maximum absolute atomic E-state index is 12.5. The van der Waals surface area contributed by atoms with E-state index in [4.69, 9.17) is 9.47 Å². The lowest BCUT2D eigenvalue weighted by atomic mass is 9.98. The van der Waals surface area contributed by atoms with E-state index in [1.165, 1.54) is 7.11 Å². The van der Waals surface area contributed by atoms with E-state index in [9.17, 15) is 19.2 Å². The number of para-hydroxylation sites is 1. The van der Waals surface area contributed by atoms with Crippen molar-refractivity contribution in [2.45, 2.75) is 37.8 Å². The maximum Gasteiger partial charge on any atom is 0.326 e. The van der Waals surface area contributed by atoms with E-state index < -0.39 is 42.5 Å². The third kappa shape index (κ3) is 4.08.